The van der Waals surface area contributed by atoms with Gasteiger partial charge in [-0.2, -0.15) is 0 Å². The van der Waals surface area contributed by atoms with Gasteiger partial charge in [-0.05, 0) is 29.3 Å². The number of rotatable bonds is 5. The van der Waals surface area contributed by atoms with Crippen molar-refractivity contribution in [1.82, 2.24) is 0 Å². The fraction of sp³-hybridized carbons (Fsp3) is 0. The van der Waals surface area contributed by atoms with Crippen molar-refractivity contribution in [2.75, 3.05) is 5.32 Å². The van der Waals surface area contributed by atoms with Crippen LogP contribution < -0.4 is 5.32 Å². The number of hydrogen-bond acceptors (Lipinski definition) is 2. The lowest BCUT2D eigenvalue weighted by Crippen LogP contribution is -1.96. The SMILES string of the molecule is O=C(C=CNc1ccc(F)c(Cl)c1)c1ccc(-c2ccccc2)cc1. The molecule has 0 aromatic heterocycles. The van der Waals surface area contributed by atoms with E-state index in [1.165, 1.54) is 24.4 Å². The number of anilines is 1. The highest BCUT2D eigenvalue weighted by atomic mass is 35.5. The lowest BCUT2D eigenvalue weighted by atomic mass is 10.0. The minimum absolute atomic E-state index is 0.0289. The number of halogens is 2. The van der Waals surface area contributed by atoms with E-state index in [9.17, 15) is 9.18 Å². The molecule has 0 bridgehead atoms. The summed E-state index contributed by atoms with van der Waals surface area (Å²) in [6.07, 6.45) is 2.94. The molecule has 0 aliphatic heterocycles. The largest absolute Gasteiger partial charge is 0.361 e. The second-order valence-corrected chi connectivity index (χ2v) is 5.82. The van der Waals surface area contributed by atoms with Crippen LogP contribution in [0.2, 0.25) is 5.02 Å². The van der Waals surface area contributed by atoms with E-state index in [0.29, 0.717) is 11.3 Å². The zero-order chi connectivity index (χ0) is 17.6. The molecule has 124 valence electrons. The van der Waals surface area contributed by atoms with E-state index in [1.54, 1.807) is 18.2 Å². The third-order valence-corrected chi connectivity index (χ3v) is 3.97. The van der Waals surface area contributed by atoms with E-state index in [4.69, 9.17) is 11.6 Å². The lowest BCUT2D eigenvalue weighted by molar-refractivity contribution is 0.104. The fourth-order valence-electron chi connectivity index (χ4n) is 2.35. The minimum atomic E-state index is -0.481. The molecule has 4 heteroatoms. The molecule has 3 rings (SSSR count). The Morgan fingerprint density at radius 2 is 1.60 bits per heavy atom. The Morgan fingerprint density at radius 3 is 2.28 bits per heavy atom. The summed E-state index contributed by atoms with van der Waals surface area (Å²) >= 11 is 5.71. The van der Waals surface area contributed by atoms with Crippen molar-refractivity contribution in [3.05, 3.63) is 101 Å². The highest BCUT2D eigenvalue weighted by molar-refractivity contribution is 6.31. The summed E-state index contributed by atoms with van der Waals surface area (Å²) in [4.78, 5) is 12.2. The molecule has 3 aromatic rings. The van der Waals surface area contributed by atoms with E-state index in [2.05, 4.69) is 5.32 Å². The topological polar surface area (TPSA) is 29.1 Å². The second kappa shape index (κ2) is 7.77. The molecule has 0 spiro atoms. The predicted octanol–water partition coefficient (Wildman–Crippen LogP) is 5.95. The normalized spacial score (nSPS) is 10.8. The Bertz CT molecular complexity index is 905. The van der Waals surface area contributed by atoms with Crippen LogP contribution >= 0.6 is 11.6 Å². The summed E-state index contributed by atoms with van der Waals surface area (Å²) in [5.74, 6) is -0.605. The number of carbonyl (C=O) groups is 1. The average molecular weight is 352 g/mol. The van der Waals surface area contributed by atoms with Crippen LogP contribution in [0.4, 0.5) is 10.1 Å². The molecule has 0 saturated carbocycles. The maximum atomic E-state index is 13.1. The summed E-state index contributed by atoms with van der Waals surface area (Å²) in [5, 5.41) is 2.93. The summed E-state index contributed by atoms with van der Waals surface area (Å²) in [5.41, 5.74) is 3.36. The Balaban J connectivity index is 1.65. The predicted molar refractivity (Wildman–Crippen MR) is 100 cm³/mol. The van der Waals surface area contributed by atoms with Gasteiger partial charge >= 0.3 is 0 Å². The number of hydrogen-bond donors (Lipinski definition) is 1. The molecule has 0 amide bonds. The molecular formula is C21H15ClFNO. The van der Waals surface area contributed by atoms with Gasteiger partial charge in [-0.3, -0.25) is 4.79 Å². The van der Waals surface area contributed by atoms with Crippen LogP contribution in [0.3, 0.4) is 0 Å². The molecular weight excluding hydrogens is 337 g/mol. The van der Waals surface area contributed by atoms with E-state index in [1.807, 2.05) is 42.5 Å². The third kappa shape index (κ3) is 4.34. The summed E-state index contributed by atoms with van der Waals surface area (Å²) < 4.78 is 13.1. The Kier molecular flexibility index (Phi) is 5.26. The monoisotopic (exact) mass is 351 g/mol. The van der Waals surface area contributed by atoms with E-state index < -0.39 is 5.82 Å². The molecule has 0 fully saturated rings. The van der Waals surface area contributed by atoms with Gasteiger partial charge in [0.25, 0.3) is 0 Å². The molecule has 0 aliphatic rings. The highest BCUT2D eigenvalue weighted by Crippen LogP contribution is 2.20. The number of nitrogens with one attached hydrogen (secondary N) is 1. The molecule has 0 unspecified atom stereocenters. The molecule has 2 nitrogen and oxygen atoms in total. The Morgan fingerprint density at radius 1 is 0.920 bits per heavy atom. The first kappa shape index (κ1) is 16.9. The highest BCUT2D eigenvalue weighted by Gasteiger charge is 2.03. The molecule has 1 N–H and O–H groups in total. The van der Waals surface area contributed by atoms with Crippen molar-refractivity contribution in [1.29, 1.82) is 0 Å². The van der Waals surface area contributed by atoms with Gasteiger partial charge in [0.2, 0.25) is 0 Å². The zero-order valence-electron chi connectivity index (χ0n) is 13.2. The number of allylic oxidation sites excluding steroid dienone is 1. The lowest BCUT2D eigenvalue weighted by Gasteiger charge is -2.03. The summed E-state index contributed by atoms with van der Waals surface area (Å²) in [6.45, 7) is 0. The van der Waals surface area contributed by atoms with Crippen molar-refractivity contribution in [2.24, 2.45) is 0 Å². The van der Waals surface area contributed by atoms with Crippen LogP contribution in [-0.4, -0.2) is 5.78 Å². The van der Waals surface area contributed by atoms with E-state index >= 15 is 0 Å². The summed E-state index contributed by atoms with van der Waals surface area (Å²) in [6, 6.07) is 21.7. The van der Waals surface area contributed by atoms with E-state index in [-0.39, 0.29) is 10.8 Å². The second-order valence-electron chi connectivity index (χ2n) is 5.41. The molecule has 0 heterocycles. The smallest absolute Gasteiger partial charge is 0.187 e. The van der Waals surface area contributed by atoms with Crippen molar-refractivity contribution in [3.63, 3.8) is 0 Å². The van der Waals surface area contributed by atoms with Crippen molar-refractivity contribution in [2.45, 2.75) is 0 Å². The van der Waals surface area contributed by atoms with Crippen LogP contribution in [0.15, 0.2) is 85.1 Å². The molecule has 0 atom stereocenters. The number of benzene rings is 3. The van der Waals surface area contributed by atoms with Crippen molar-refractivity contribution < 1.29 is 9.18 Å². The van der Waals surface area contributed by atoms with Gasteiger partial charge in [0, 0.05) is 23.5 Å². The van der Waals surface area contributed by atoms with Crippen molar-refractivity contribution in [3.8, 4) is 11.1 Å². The summed E-state index contributed by atoms with van der Waals surface area (Å²) in [7, 11) is 0. The van der Waals surface area contributed by atoms with Gasteiger partial charge in [-0.1, -0.05) is 66.2 Å². The molecule has 0 aliphatic carbocycles. The standard InChI is InChI=1S/C21H15ClFNO/c22-19-14-18(10-11-20(19)23)24-13-12-21(25)17-8-6-16(7-9-17)15-4-2-1-3-5-15/h1-14,24H. The zero-order valence-corrected chi connectivity index (χ0v) is 14.0. The van der Waals surface area contributed by atoms with Crippen LogP contribution in [0.25, 0.3) is 11.1 Å². The van der Waals surface area contributed by atoms with Crippen LogP contribution in [0.5, 0.6) is 0 Å². The number of ketones is 1. The first-order chi connectivity index (χ1) is 12.1. The van der Waals surface area contributed by atoms with Gasteiger partial charge in [-0.15, -0.1) is 0 Å². The van der Waals surface area contributed by atoms with Gasteiger partial charge < -0.3 is 5.32 Å². The third-order valence-electron chi connectivity index (χ3n) is 3.68. The minimum Gasteiger partial charge on any atom is -0.361 e. The van der Waals surface area contributed by atoms with Crippen LogP contribution in [0.1, 0.15) is 10.4 Å². The van der Waals surface area contributed by atoms with Crippen LogP contribution in [-0.2, 0) is 0 Å². The van der Waals surface area contributed by atoms with Crippen LogP contribution in [0, 0.1) is 5.82 Å². The average Bonchev–Trinajstić information content (AvgIpc) is 2.65. The van der Waals surface area contributed by atoms with Crippen molar-refractivity contribution >= 4 is 23.1 Å². The molecule has 3 aromatic carbocycles. The maximum absolute atomic E-state index is 13.1. The number of carbonyl (C=O) groups excluding carboxylic acids is 1. The van der Waals surface area contributed by atoms with Gasteiger partial charge in [0.15, 0.2) is 5.78 Å². The first-order valence-electron chi connectivity index (χ1n) is 7.71. The Labute approximate surface area is 150 Å². The quantitative estimate of drug-likeness (QED) is 0.454. The van der Waals surface area contributed by atoms with E-state index in [0.717, 1.165) is 11.1 Å². The fourth-order valence-corrected chi connectivity index (χ4v) is 2.53. The van der Waals surface area contributed by atoms with Gasteiger partial charge in [0.1, 0.15) is 5.82 Å². The molecule has 25 heavy (non-hydrogen) atoms. The van der Waals surface area contributed by atoms with Gasteiger partial charge in [0.05, 0.1) is 5.02 Å². The first-order valence-corrected chi connectivity index (χ1v) is 8.09. The molecule has 0 saturated heterocycles. The molecule has 0 radical (unpaired) electrons. The van der Waals surface area contributed by atoms with Gasteiger partial charge in [-0.25, -0.2) is 4.39 Å². The maximum Gasteiger partial charge on any atom is 0.187 e. The Hall–Kier alpha value is -2.91.